The molecule has 0 heterocycles. The van der Waals surface area contributed by atoms with Crippen LogP contribution in [-0.4, -0.2) is 22.8 Å². The standard InChI is InChI=1S/C10H11ClN2O2/c1-6-2-3-7(10(14)15)8(4-6)13-9(12)5-11/h2-4H,5H2,1H3,(H2,12,13)(H,14,15). The maximum absolute atomic E-state index is 10.9. The number of halogens is 1. The largest absolute Gasteiger partial charge is 0.478 e. The Kier molecular flexibility index (Phi) is 3.68. The maximum Gasteiger partial charge on any atom is 0.337 e. The van der Waals surface area contributed by atoms with E-state index in [-0.39, 0.29) is 17.3 Å². The molecule has 0 radical (unpaired) electrons. The Morgan fingerprint density at radius 1 is 1.60 bits per heavy atom. The molecular formula is C10H11ClN2O2. The van der Waals surface area contributed by atoms with Gasteiger partial charge in [-0.05, 0) is 24.6 Å². The first-order valence-corrected chi connectivity index (χ1v) is 4.81. The van der Waals surface area contributed by atoms with Crippen molar-refractivity contribution in [1.29, 1.82) is 0 Å². The Balaban J connectivity index is 3.25. The van der Waals surface area contributed by atoms with Crippen LogP contribution in [0.3, 0.4) is 0 Å². The molecule has 0 saturated carbocycles. The first kappa shape index (κ1) is 11.5. The van der Waals surface area contributed by atoms with Crippen molar-refractivity contribution >= 4 is 29.1 Å². The minimum atomic E-state index is -1.03. The van der Waals surface area contributed by atoms with E-state index in [1.54, 1.807) is 12.1 Å². The number of hydrogen-bond donors (Lipinski definition) is 2. The lowest BCUT2D eigenvalue weighted by Crippen LogP contribution is -2.12. The van der Waals surface area contributed by atoms with E-state index in [0.29, 0.717) is 5.69 Å². The normalized spacial score (nSPS) is 11.5. The van der Waals surface area contributed by atoms with Crippen molar-refractivity contribution in [2.45, 2.75) is 6.92 Å². The molecule has 0 fully saturated rings. The van der Waals surface area contributed by atoms with Gasteiger partial charge in [-0.2, -0.15) is 0 Å². The molecule has 0 bridgehead atoms. The van der Waals surface area contributed by atoms with Crippen molar-refractivity contribution in [3.05, 3.63) is 29.3 Å². The number of nitrogens with zero attached hydrogens (tertiary/aromatic N) is 1. The highest BCUT2D eigenvalue weighted by Gasteiger charge is 2.09. The fourth-order valence-electron chi connectivity index (χ4n) is 1.10. The summed E-state index contributed by atoms with van der Waals surface area (Å²) in [5, 5.41) is 8.90. The number of carboxylic acid groups (broad SMARTS) is 1. The van der Waals surface area contributed by atoms with E-state index < -0.39 is 5.97 Å². The molecule has 0 atom stereocenters. The number of alkyl halides is 1. The molecule has 0 aliphatic rings. The lowest BCUT2D eigenvalue weighted by Gasteiger charge is -2.03. The summed E-state index contributed by atoms with van der Waals surface area (Å²) in [6.45, 7) is 1.85. The summed E-state index contributed by atoms with van der Waals surface area (Å²) < 4.78 is 0. The van der Waals surface area contributed by atoms with Crippen LogP contribution in [0.25, 0.3) is 0 Å². The van der Waals surface area contributed by atoms with Gasteiger partial charge in [0.2, 0.25) is 0 Å². The Labute approximate surface area is 92.4 Å². The number of rotatable bonds is 3. The van der Waals surface area contributed by atoms with Gasteiger partial charge in [-0.3, -0.25) is 0 Å². The van der Waals surface area contributed by atoms with Crippen molar-refractivity contribution < 1.29 is 9.90 Å². The third-order valence-electron chi connectivity index (χ3n) is 1.78. The predicted molar refractivity (Wildman–Crippen MR) is 60.1 cm³/mol. The van der Waals surface area contributed by atoms with Crippen LogP contribution in [-0.2, 0) is 0 Å². The van der Waals surface area contributed by atoms with E-state index >= 15 is 0 Å². The van der Waals surface area contributed by atoms with Crippen molar-refractivity contribution in [2.75, 3.05) is 5.88 Å². The van der Waals surface area contributed by atoms with E-state index in [2.05, 4.69) is 4.99 Å². The van der Waals surface area contributed by atoms with Gasteiger partial charge in [-0.15, -0.1) is 11.6 Å². The predicted octanol–water partition coefficient (Wildman–Crippen LogP) is 1.92. The molecule has 0 aromatic heterocycles. The molecule has 0 amide bonds. The molecule has 4 nitrogen and oxygen atoms in total. The van der Waals surface area contributed by atoms with E-state index in [0.717, 1.165) is 5.56 Å². The lowest BCUT2D eigenvalue weighted by atomic mass is 10.1. The number of amidine groups is 1. The van der Waals surface area contributed by atoms with Crippen molar-refractivity contribution in [3.8, 4) is 0 Å². The molecule has 1 rings (SSSR count). The van der Waals surface area contributed by atoms with Gasteiger partial charge in [0.1, 0.15) is 5.84 Å². The highest BCUT2D eigenvalue weighted by atomic mass is 35.5. The monoisotopic (exact) mass is 226 g/mol. The Morgan fingerprint density at radius 3 is 2.80 bits per heavy atom. The fourth-order valence-corrected chi connectivity index (χ4v) is 1.16. The zero-order valence-corrected chi connectivity index (χ0v) is 8.95. The van der Waals surface area contributed by atoms with Crippen LogP contribution in [0.2, 0.25) is 0 Å². The minimum Gasteiger partial charge on any atom is -0.478 e. The highest BCUT2D eigenvalue weighted by Crippen LogP contribution is 2.20. The Bertz CT molecular complexity index is 416. The fraction of sp³-hybridized carbons (Fsp3) is 0.200. The number of carboxylic acids is 1. The Morgan fingerprint density at radius 2 is 2.27 bits per heavy atom. The number of aryl methyl sites for hydroxylation is 1. The first-order chi connectivity index (χ1) is 7.04. The van der Waals surface area contributed by atoms with Crippen LogP contribution in [0, 0.1) is 6.92 Å². The summed E-state index contributed by atoms with van der Waals surface area (Å²) >= 11 is 5.47. The smallest absolute Gasteiger partial charge is 0.337 e. The summed E-state index contributed by atoms with van der Waals surface area (Å²) in [5.74, 6) is -0.756. The summed E-state index contributed by atoms with van der Waals surface area (Å²) in [6.07, 6.45) is 0. The zero-order chi connectivity index (χ0) is 11.4. The topological polar surface area (TPSA) is 75.7 Å². The molecule has 0 spiro atoms. The van der Waals surface area contributed by atoms with Gasteiger partial charge < -0.3 is 10.8 Å². The molecule has 0 saturated heterocycles. The van der Waals surface area contributed by atoms with Gasteiger partial charge in [-0.25, -0.2) is 9.79 Å². The van der Waals surface area contributed by atoms with Gasteiger partial charge in [0, 0.05) is 0 Å². The van der Waals surface area contributed by atoms with Crippen LogP contribution in [0.15, 0.2) is 23.2 Å². The summed E-state index contributed by atoms with van der Waals surface area (Å²) in [6, 6.07) is 4.86. The van der Waals surface area contributed by atoms with Crippen molar-refractivity contribution in [1.82, 2.24) is 0 Å². The van der Waals surface area contributed by atoms with Crippen LogP contribution in [0.4, 0.5) is 5.69 Å². The third-order valence-corrected chi connectivity index (χ3v) is 2.06. The van der Waals surface area contributed by atoms with E-state index in [1.807, 2.05) is 6.92 Å². The minimum absolute atomic E-state index is 0.0764. The number of carbonyl (C=O) groups is 1. The van der Waals surface area contributed by atoms with Gasteiger partial charge >= 0.3 is 5.97 Å². The quantitative estimate of drug-likeness (QED) is 0.470. The number of nitrogens with two attached hydrogens (primary N) is 1. The van der Waals surface area contributed by atoms with Crippen molar-refractivity contribution in [2.24, 2.45) is 10.7 Å². The number of benzene rings is 1. The average molecular weight is 227 g/mol. The zero-order valence-electron chi connectivity index (χ0n) is 8.20. The van der Waals surface area contributed by atoms with Crippen LogP contribution >= 0.6 is 11.6 Å². The maximum atomic E-state index is 10.9. The van der Waals surface area contributed by atoms with Crippen LogP contribution < -0.4 is 5.73 Å². The lowest BCUT2D eigenvalue weighted by molar-refractivity contribution is 0.0698. The molecule has 3 N–H and O–H groups in total. The average Bonchev–Trinajstić information content (AvgIpc) is 2.17. The van der Waals surface area contributed by atoms with E-state index in [9.17, 15) is 4.79 Å². The molecule has 0 aliphatic heterocycles. The van der Waals surface area contributed by atoms with Crippen molar-refractivity contribution in [3.63, 3.8) is 0 Å². The molecule has 0 unspecified atom stereocenters. The molecule has 80 valence electrons. The van der Waals surface area contributed by atoms with Gasteiger partial charge in [0.15, 0.2) is 0 Å². The molecule has 5 heteroatoms. The molecule has 1 aromatic carbocycles. The van der Waals surface area contributed by atoms with Gasteiger partial charge in [0.05, 0.1) is 17.1 Å². The Hall–Kier alpha value is -1.55. The number of hydrogen-bond acceptors (Lipinski definition) is 2. The second-order valence-electron chi connectivity index (χ2n) is 3.06. The number of aliphatic imine (C=N–C) groups is 1. The van der Waals surface area contributed by atoms with Gasteiger partial charge in [-0.1, -0.05) is 6.07 Å². The highest BCUT2D eigenvalue weighted by molar-refractivity contribution is 6.28. The summed E-state index contributed by atoms with van der Waals surface area (Å²) in [4.78, 5) is 14.8. The second-order valence-corrected chi connectivity index (χ2v) is 3.33. The second kappa shape index (κ2) is 4.79. The summed E-state index contributed by atoms with van der Waals surface area (Å²) in [7, 11) is 0. The first-order valence-electron chi connectivity index (χ1n) is 4.27. The molecule has 15 heavy (non-hydrogen) atoms. The third kappa shape index (κ3) is 2.95. The van der Waals surface area contributed by atoms with E-state index in [4.69, 9.17) is 22.4 Å². The van der Waals surface area contributed by atoms with Crippen LogP contribution in [0.5, 0.6) is 0 Å². The number of aromatic carboxylic acids is 1. The molecule has 0 aliphatic carbocycles. The SMILES string of the molecule is Cc1ccc(C(=O)O)c(N=C(N)CCl)c1. The summed E-state index contributed by atoms with van der Waals surface area (Å²) in [5.41, 5.74) is 6.82. The molecule has 1 aromatic rings. The van der Waals surface area contributed by atoms with Crippen LogP contribution in [0.1, 0.15) is 15.9 Å². The van der Waals surface area contributed by atoms with E-state index in [1.165, 1.54) is 6.07 Å². The molecular weight excluding hydrogens is 216 g/mol. The van der Waals surface area contributed by atoms with Gasteiger partial charge in [0.25, 0.3) is 0 Å².